The molecule has 1 rings (SSSR count). The van der Waals surface area contributed by atoms with E-state index in [9.17, 15) is 9.59 Å². The molecule has 0 unspecified atom stereocenters. The first kappa shape index (κ1) is 10.9. The molecular formula is C10H15NO3. The van der Waals surface area contributed by atoms with Crippen molar-refractivity contribution in [2.45, 2.75) is 32.1 Å². The molecule has 0 aromatic rings. The number of esters is 1. The van der Waals surface area contributed by atoms with Gasteiger partial charge in [0.2, 0.25) is 6.08 Å². The second kappa shape index (κ2) is 4.91. The molecule has 0 N–H and O–H groups in total. The lowest BCUT2D eigenvalue weighted by molar-refractivity contribution is -0.143. The summed E-state index contributed by atoms with van der Waals surface area (Å²) in [4.78, 5) is 24.8. The van der Waals surface area contributed by atoms with E-state index in [0.717, 1.165) is 25.7 Å². The van der Waals surface area contributed by atoms with Crippen LogP contribution >= 0.6 is 0 Å². The molecule has 4 nitrogen and oxygen atoms in total. The largest absolute Gasteiger partial charge is 0.469 e. The Kier molecular flexibility index (Phi) is 3.84. The molecule has 0 heterocycles. The quantitative estimate of drug-likeness (QED) is 0.389. The summed E-state index contributed by atoms with van der Waals surface area (Å²) in [7, 11) is 1.38. The van der Waals surface area contributed by atoms with Gasteiger partial charge in [0, 0.05) is 5.41 Å². The van der Waals surface area contributed by atoms with Crippen LogP contribution in [0.1, 0.15) is 32.1 Å². The van der Waals surface area contributed by atoms with Crippen molar-refractivity contribution in [1.29, 1.82) is 0 Å². The van der Waals surface area contributed by atoms with Crippen LogP contribution in [0.2, 0.25) is 0 Å². The fraction of sp³-hybridized carbons (Fsp3) is 0.800. The minimum atomic E-state index is -0.215. The number of hydrogen-bond donors (Lipinski definition) is 0. The smallest absolute Gasteiger partial charge is 0.306 e. The predicted octanol–water partition coefficient (Wildman–Crippen LogP) is 1.45. The maximum absolute atomic E-state index is 11.2. The fourth-order valence-corrected chi connectivity index (χ4v) is 2.09. The van der Waals surface area contributed by atoms with Gasteiger partial charge in [0.1, 0.15) is 0 Å². The molecule has 0 aromatic heterocycles. The van der Waals surface area contributed by atoms with Crippen LogP contribution in [0, 0.1) is 5.41 Å². The highest BCUT2D eigenvalue weighted by molar-refractivity contribution is 5.70. The zero-order valence-electron chi connectivity index (χ0n) is 8.41. The minimum absolute atomic E-state index is 0.134. The second-order valence-corrected chi connectivity index (χ2v) is 3.87. The summed E-state index contributed by atoms with van der Waals surface area (Å²) in [6, 6.07) is 0. The van der Waals surface area contributed by atoms with Gasteiger partial charge in [0.25, 0.3) is 0 Å². The zero-order valence-corrected chi connectivity index (χ0v) is 8.41. The molecule has 78 valence electrons. The third-order valence-electron chi connectivity index (χ3n) is 2.89. The van der Waals surface area contributed by atoms with Gasteiger partial charge in [0.05, 0.1) is 20.1 Å². The summed E-state index contributed by atoms with van der Waals surface area (Å²) in [6.07, 6.45) is 6.01. The molecule has 0 bridgehead atoms. The Balaban J connectivity index is 2.61. The minimum Gasteiger partial charge on any atom is -0.469 e. The molecule has 0 saturated heterocycles. The summed E-state index contributed by atoms with van der Waals surface area (Å²) in [6.45, 7) is 0.408. The van der Waals surface area contributed by atoms with E-state index in [0.29, 0.717) is 13.0 Å². The van der Waals surface area contributed by atoms with Gasteiger partial charge in [-0.2, -0.15) is 0 Å². The van der Waals surface area contributed by atoms with Gasteiger partial charge in [-0.3, -0.25) is 4.79 Å². The van der Waals surface area contributed by atoms with Crippen LogP contribution in [-0.2, 0) is 14.3 Å². The summed E-state index contributed by atoms with van der Waals surface area (Å²) < 4.78 is 4.64. The van der Waals surface area contributed by atoms with Crippen LogP contribution in [-0.4, -0.2) is 25.7 Å². The van der Waals surface area contributed by atoms with Crippen molar-refractivity contribution in [2.24, 2.45) is 10.4 Å². The third-order valence-corrected chi connectivity index (χ3v) is 2.89. The van der Waals surface area contributed by atoms with Crippen LogP contribution in [0.15, 0.2) is 4.99 Å². The van der Waals surface area contributed by atoms with Crippen LogP contribution in [0.4, 0.5) is 0 Å². The fourth-order valence-electron chi connectivity index (χ4n) is 2.09. The highest BCUT2D eigenvalue weighted by Gasteiger charge is 2.36. The first-order valence-corrected chi connectivity index (χ1v) is 4.83. The van der Waals surface area contributed by atoms with E-state index in [-0.39, 0.29) is 11.4 Å². The summed E-state index contributed by atoms with van der Waals surface area (Å²) in [5.41, 5.74) is -0.134. The highest BCUT2D eigenvalue weighted by Crippen LogP contribution is 2.41. The summed E-state index contributed by atoms with van der Waals surface area (Å²) in [5.74, 6) is -0.215. The molecule has 0 amide bonds. The number of isocyanates is 1. The van der Waals surface area contributed by atoms with Crippen LogP contribution < -0.4 is 0 Å². The monoisotopic (exact) mass is 197 g/mol. The number of hydrogen-bond acceptors (Lipinski definition) is 4. The molecule has 0 atom stereocenters. The molecule has 1 fully saturated rings. The van der Waals surface area contributed by atoms with Gasteiger partial charge in [-0.25, -0.2) is 9.79 Å². The van der Waals surface area contributed by atoms with Gasteiger partial charge < -0.3 is 4.74 Å². The average Bonchev–Trinajstić information content (AvgIpc) is 2.64. The molecule has 0 spiro atoms. The maximum Gasteiger partial charge on any atom is 0.306 e. The van der Waals surface area contributed by atoms with Crippen LogP contribution in [0.5, 0.6) is 0 Å². The number of nitrogens with zero attached hydrogens (tertiary/aromatic N) is 1. The Morgan fingerprint density at radius 1 is 1.50 bits per heavy atom. The number of carbonyl (C=O) groups is 1. The number of ether oxygens (including phenoxy) is 1. The average molecular weight is 197 g/mol. The van der Waals surface area contributed by atoms with Gasteiger partial charge in [0.15, 0.2) is 0 Å². The van der Waals surface area contributed by atoms with E-state index in [2.05, 4.69) is 9.73 Å². The molecule has 4 heteroatoms. The first-order valence-electron chi connectivity index (χ1n) is 4.83. The number of rotatable bonds is 4. The second-order valence-electron chi connectivity index (χ2n) is 3.87. The van der Waals surface area contributed by atoms with Crippen molar-refractivity contribution in [3.05, 3.63) is 0 Å². The van der Waals surface area contributed by atoms with Gasteiger partial charge in [-0.05, 0) is 12.8 Å². The van der Waals surface area contributed by atoms with E-state index in [4.69, 9.17) is 0 Å². The van der Waals surface area contributed by atoms with E-state index in [1.165, 1.54) is 13.2 Å². The Hall–Kier alpha value is -1.15. The Bertz CT molecular complexity index is 250. The number of methoxy groups -OCH3 is 1. The van der Waals surface area contributed by atoms with Crippen molar-refractivity contribution < 1.29 is 14.3 Å². The molecule has 1 saturated carbocycles. The first-order chi connectivity index (χ1) is 6.72. The Labute approximate surface area is 83.3 Å². The molecule has 0 aliphatic heterocycles. The van der Waals surface area contributed by atoms with Crippen LogP contribution in [0.3, 0.4) is 0 Å². The van der Waals surface area contributed by atoms with E-state index < -0.39 is 0 Å². The lowest BCUT2D eigenvalue weighted by Crippen LogP contribution is -2.25. The molecule has 1 aliphatic rings. The predicted molar refractivity (Wildman–Crippen MR) is 50.5 cm³/mol. The molecule has 1 aliphatic carbocycles. The van der Waals surface area contributed by atoms with E-state index >= 15 is 0 Å². The number of aliphatic imine (C=N–C) groups is 1. The Morgan fingerprint density at radius 2 is 2.14 bits per heavy atom. The maximum atomic E-state index is 11.2. The van der Waals surface area contributed by atoms with Crippen molar-refractivity contribution in [3.63, 3.8) is 0 Å². The SMILES string of the molecule is COC(=O)CC1(CN=C=O)CCCC1. The highest BCUT2D eigenvalue weighted by atomic mass is 16.5. The van der Waals surface area contributed by atoms with Crippen molar-refractivity contribution in [1.82, 2.24) is 0 Å². The molecule has 14 heavy (non-hydrogen) atoms. The van der Waals surface area contributed by atoms with Gasteiger partial charge in [-0.15, -0.1) is 0 Å². The third kappa shape index (κ3) is 2.67. The van der Waals surface area contributed by atoms with Crippen molar-refractivity contribution in [3.8, 4) is 0 Å². The topological polar surface area (TPSA) is 55.7 Å². The van der Waals surface area contributed by atoms with Crippen molar-refractivity contribution >= 4 is 12.0 Å². The van der Waals surface area contributed by atoms with Crippen molar-refractivity contribution in [2.75, 3.05) is 13.7 Å². The van der Waals surface area contributed by atoms with Gasteiger partial charge in [-0.1, -0.05) is 12.8 Å². The lowest BCUT2D eigenvalue weighted by Gasteiger charge is -2.24. The van der Waals surface area contributed by atoms with E-state index in [1.807, 2.05) is 0 Å². The molecule has 0 radical (unpaired) electrons. The summed E-state index contributed by atoms with van der Waals surface area (Å²) >= 11 is 0. The van der Waals surface area contributed by atoms with Crippen LogP contribution in [0.25, 0.3) is 0 Å². The number of carbonyl (C=O) groups excluding carboxylic acids is 2. The molecular weight excluding hydrogens is 182 g/mol. The Morgan fingerprint density at radius 3 is 2.64 bits per heavy atom. The summed E-state index contributed by atoms with van der Waals surface area (Å²) in [5, 5.41) is 0. The van der Waals surface area contributed by atoms with Gasteiger partial charge >= 0.3 is 5.97 Å². The standard InChI is InChI=1S/C10H15NO3/c1-14-9(13)6-10(7-11-8-12)4-2-3-5-10/h2-7H2,1H3. The zero-order chi connectivity index (χ0) is 10.4. The normalized spacial score (nSPS) is 18.6. The lowest BCUT2D eigenvalue weighted by atomic mass is 9.83. The molecule has 0 aromatic carbocycles. The van der Waals surface area contributed by atoms with E-state index in [1.54, 1.807) is 0 Å².